The molecule has 0 bridgehead atoms. The highest BCUT2D eigenvalue weighted by atomic mass is 16.3. The normalized spacial score (nSPS) is 10.2. The van der Waals surface area contributed by atoms with Gasteiger partial charge in [0.05, 0.1) is 0 Å². The number of phenolic OH excluding ortho intramolecular Hbond substituents is 2. The smallest absolute Gasteiger partial charge is 0.254 e. The van der Waals surface area contributed by atoms with Crippen molar-refractivity contribution >= 4 is 5.91 Å². The zero-order chi connectivity index (χ0) is 13.8. The maximum Gasteiger partial charge on any atom is 0.254 e. The molecule has 0 atom stereocenters. The minimum absolute atomic E-state index is 0.128. The first-order valence-electron chi connectivity index (χ1n) is 5.88. The third-order valence-electron chi connectivity index (χ3n) is 2.76. The van der Waals surface area contributed by atoms with Gasteiger partial charge in [-0.1, -0.05) is 30.3 Å². The lowest BCUT2D eigenvalue weighted by atomic mass is 10.1. The van der Waals surface area contributed by atoms with Crippen molar-refractivity contribution in [2.45, 2.75) is 6.54 Å². The second kappa shape index (κ2) is 5.44. The summed E-state index contributed by atoms with van der Waals surface area (Å²) in [6.07, 6.45) is 0. The number of aromatic hydroxyl groups is 2. The van der Waals surface area contributed by atoms with E-state index in [9.17, 15) is 15.0 Å². The summed E-state index contributed by atoms with van der Waals surface area (Å²) < 4.78 is 0. The van der Waals surface area contributed by atoms with Crippen LogP contribution in [0.5, 0.6) is 11.5 Å². The molecular formula is C15H15NO3. The van der Waals surface area contributed by atoms with Gasteiger partial charge in [-0.25, -0.2) is 0 Å². The molecule has 0 unspecified atom stereocenters. The standard InChI is InChI=1S/C15H15NO3/c1-16(10-11-5-3-2-4-6-11)15(19)12-7-13(17)9-14(18)8-12/h2-9,17-18H,10H2,1H3. The van der Waals surface area contributed by atoms with Crippen molar-refractivity contribution in [2.24, 2.45) is 0 Å². The van der Waals surface area contributed by atoms with Crippen molar-refractivity contribution in [1.82, 2.24) is 4.90 Å². The van der Waals surface area contributed by atoms with Gasteiger partial charge in [-0.2, -0.15) is 0 Å². The van der Waals surface area contributed by atoms with E-state index in [4.69, 9.17) is 0 Å². The summed E-state index contributed by atoms with van der Waals surface area (Å²) in [5.41, 5.74) is 1.28. The summed E-state index contributed by atoms with van der Waals surface area (Å²) >= 11 is 0. The van der Waals surface area contributed by atoms with Crippen LogP contribution in [-0.4, -0.2) is 28.1 Å². The van der Waals surface area contributed by atoms with Gasteiger partial charge < -0.3 is 15.1 Å². The molecule has 19 heavy (non-hydrogen) atoms. The van der Waals surface area contributed by atoms with Gasteiger partial charge in [-0.3, -0.25) is 4.79 Å². The molecule has 0 saturated heterocycles. The number of carbonyl (C=O) groups excluding carboxylic acids is 1. The van der Waals surface area contributed by atoms with Crippen molar-refractivity contribution in [3.63, 3.8) is 0 Å². The van der Waals surface area contributed by atoms with E-state index in [-0.39, 0.29) is 23.0 Å². The topological polar surface area (TPSA) is 60.8 Å². The number of nitrogens with zero attached hydrogens (tertiary/aromatic N) is 1. The van der Waals surface area contributed by atoms with Crippen LogP contribution in [0.15, 0.2) is 48.5 Å². The Morgan fingerprint density at radius 3 is 2.21 bits per heavy atom. The molecule has 2 N–H and O–H groups in total. The quantitative estimate of drug-likeness (QED) is 0.887. The molecule has 0 radical (unpaired) electrons. The van der Waals surface area contributed by atoms with E-state index >= 15 is 0 Å². The van der Waals surface area contributed by atoms with Crippen LogP contribution in [0.1, 0.15) is 15.9 Å². The molecule has 0 saturated carbocycles. The molecule has 0 aliphatic rings. The van der Waals surface area contributed by atoms with Crippen molar-refractivity contribution in [3.05, 3.63) is 59.7 Å². The van der Waals surface area contributed by atoms with E-state index in [1.54, 1.807) is 7.05 Å². The second-order valence-corrected chi connectivity index (χ2v) is 4.38. The predicted molar refractivity (Wildman–Crippen MR) is 72.0 cm³/mol. The molecule has 2 aromatic carbocycles. The number of hydrogen-bond donors (Lipinski definition) is 2. The second-order valence-electron chi connectivity index (χ2n) is 4.38. The van der Waals surface area contributed by atoms with Gasteiger partial charge in [-0.15, -0.1) is 0 Å². The van der Waals surface area contributed by atoms with Crippen LogP contribution >= 0.6 is 0 Å². The first kappa shape index (κ1) is 13.0. The van der Waals surface area contributed by atoms with Gasteiger partial charge in [0, 0.05) is 25.2 Å². The Morgan fingerprint density at radius 2 is 1.63 bits per heavy atom. The SMILES string of the molecule is CN(Cc1ccccc1)C(=O)c1cc(O)cc(O)c1. The van der Waals surface area contributed by atoms with E-state index in [0.29, 0.717) is 6.54 Å². The number of carbonyl (C=O) groups is 1. The summed E-state index contributed by atoms with van der Waals surface area (Å²) in [5.74, 6) is -0.511. The molecule has 4 nitrogen and oxygen atoms in total. The van der Waals surface area contributed by atoms with E-state index < -0.39 is 0 Å². The Hall–Kier alpha value is -2.49. The molecule has 0 heterocycles. The van der Waals surface area contributed by atoms with Crippen LogP contribution in [-0.2, 0) is 6.54 Å². The third-order valence-corrected chi connectivity index (χ3v) is 2.76. The van der Waals surface area contributed by atoms with Crippen molar-refractivity contribution in [1.29, 1.82) is 0 Å². The number of amides is 1. The Kier molecular flexibility index (Phi) is 3.71. The highest BCUT2D eigenvalue weighted by Gasteiger charge is 2.13. The van der Waals surface area contributed by atoms with E-state index in [2.05, 4.69) is 0 Å². The zero-order valence-corrected chi connectivity index (χ0v) is 10.6. The molecular weight excluding hydrogens is 242 g/mol. The average molecular weight is 257 g/mol. The lowest BCUT2D eigenvalue weighted by molar-refractivity contribution is 0.0784. The molecule has 2 rings (SSSR count). The summed E-state index contributed by atoms with van der Waals surface area (Å²) in [5, 5.41) is 18.8. The lowest BCUT2D eigenvalue weighted by Gasteiger charge is -2.17. The molecule has 0 aliphatic heterocycles. The summed E-state index contributed by atoms with van der Waals surface area (Å²) in [6.45, 7) is 0.468. The maximum atomic E-state index is 12.2. The molecule has 0 fully saturated rings. The summed E-state index contributed by atoms with van der Waals surface area (Å²) in [6, 6.07) is 13.5. The zero-order valence-electron chi connectivity index (χ0n) is 10.6. The Balaban J connectivity index is 2.15. The van der Waals surface area contributed by atoms with Crippen molar-refractivity contribution < 1.29 is 15.0 Å². The fourth-order valence-electron chi connectivity index (χ4n) is 1.87. The van der Waals surface area contributed by atoms with Crippen LogP contribution in [0.2, 0.25) is 0 Å². The molecule has 4 heteroatoms. The predicted octanol–water partition coefficient (Wildman–Crippen LogP) is 2.37. The van der Waals surface area contributed by atoms with Gasteiger partial charge in [0.15, 0.2) is 0 Å². The first-order valence-corrected chi connectivity index (χ1v) is 5.88. The fourth-order valence-corrected chi connectivity index (χ4v) is 1.87. The van der Waals surface area contributed by atoms with Gasteiger partial charge in [0.1, 0.15) is 11.5 Å². The number of benzene rings is 2. The third kappa shape index (κ3) is 3.25. The monoisotopic (exact) mass is 257 g/mol. The minimum Gasteiger partial charge on any atom is -0.508 e. The number of phenols is 2. The molecule has 0 spiro atoms. The van der Waals surface area contributed by atoms with Crippen LogP contribution in [0.4, 0.5) is 0 Å². The Morgan fingerprint density at radius 1 is 1.05 bits per heavy atom. The largest absolute Gasteiger partial charge is 0.508 e. The molecule has 0 aliphatic carbocycles. The van der Waals surface area contributed by atoms with Gasteiger partial charge in [-0.05, 0) is 17.7 Å². The number of rotatable bonds is 3. The summed E-state index contributed by atoms with van der Waals surface area (Å²) in [4.78, 5) is 13.7. The Bertz CT molecular complexity index is 561. The molecule has 1 amide bonds. The van der Waals surface area contributed by atoms with Gasteiger partial charge in [0.25, 0.3) is 5.91 Å². The van der Waals surface area contributed by atoms with Crippen LogP contribution in [0.3, 0.4) is 0 Å². The van der Waals surface area contributed by atoms with E-state index in [0.717, 1.165) is 5.56 Å². The highest BCUT2D eigenvalue weighted by molar-refractivity contribution is 5.94. The first-order chi connectivity index (χ1) is 9.06. The van der Waals surface area contributed by atoms with Crippen molar-refractivity contribution in [2.75, 3.05) is 7.05 Å². The molecule has 2 aromatic rings. The fraction of sp³-hybridized carbons (Fsp3) is 0.133. The maximum absolute atomic E-state index is 12.2. The van der Waals surface area contributed by atoms with Crippen LogP contribution in [0.25, 0.3) is 0 Å². The van der Waals surface area contributed by atoms with Crippen LogP contribution in [0, 0.1) is 0 Å². The van der Waals surface area contributed by atoms with E-state index in [1.807, 2.05) is 30.3 Å². The lowest BCUT2D eigenvalue weighted by Crippen LogP contribution is -2.26. The Labute approximate surface area is 111 Å². The van der Waals surface area contributed by atoms with Crippen LogP contribution < -0.4 is 0 Å². The van der Waals surface area contributed by atoms with Gasteiger partial charge >= 0.3 is 0 Å². The number of hydrogen-bond acceptors (Lipinski definition) is 3. The molecule has 98 valence electrons. The highest BCUT2D eigenvalue weighted by Crippen LogP contribution is 2.21. The average Bonchev–Trinajstić information content (AvgIpc) is 2.37. The minimum atomic E-state index is -0.255. The van der Waals surface area contributed by atoms with Crippen molar-refractivity contribution in [3.8, 4) is 11.5 Å². The van der Waals surface area contributed by atoms with Gasteiger partial charge in [0.2, 0.25) is 0 Å². The summed E-state index contributed by atoms with van der Waals surface area (Å²) in [7, 11) is 1.68. The molecule has 0 aromatic heterocycles. The van der Waals surface area contributed by atoms with E-state index in [1.165, 1.54) is 23.1 Å².